The van der Waals surface area contributed by atoms with Crippen LogP contribution in [0.25, 0.3) is 0 Å². The summed E-state index contributed by atoms with van der Waals surface area (Å²) in [6.07, 6.45) is 4.93. The van der Waals surface area contributed by atoms with E-state index < -0.39 is 9.92 Å². The lowest BCUT2D eigenvalue weighted by Crippen LogP contribution is -2.33. The first-order valence-electron chi connectivity index (χ1n) is 3.59. The minimum absolute atomic E-state index is 0.846. The summed E-state index contributed by atoms with van der Waals surface area (Å²) in [6.45, 7) is 1.69. The van der Waals surface area contributed by atoms with Gasteiger partial charge in [-0.15, -0.1) is 0 Å². The first-order chi connectivity index (χ1) is 4.61. The molecule has 0 aromatic heterocycles. The molecule has 0 saturated carbocycles. The molecular weight excluding hydrogens is 148 g/mol. The molecular formula is C6H14N2OS. The Hall–Kier alpha value is -0.0900. The summed E-state index contributed by atoms with van der Waals surface area (Å²) < 4.78 is 20.2. The van der Waals surface area contributed by atoms with Crippen molar-refractivity contribution in [3.8, 4) is 0 Å². The van der Waals surface area contributed by atoms with Crippen LogP contribution >= 0.6 is 0 Å². The topological polar surface area (TPSA) is 44.2 Å². The van der Waals surface area contributed by atoms with E-state index in [0.717, 1.165) is 25.9 Å². The van der Waals surface area contributed by atoms with Gasteiger partial charge in [0.2, 0.25) is 0 Å². The zero-order valence-electron chi connectivity index (χ0n) is 6.30. The van der Waals surface area contributed by atoms with E-state index >= 15 is 0 Å². The molecule has 1 atom stereocenters. The van der Waals surface area contributed by atoms with Gasteiger partial charge >= 0.3 is 0 Å². The number of nitrogens with one attached hydrogen (secondary N) is 1. The highest BCUT2D eigenvalue weighted by Gasteiger charge is 2.15. The Balaban J connectivity index is 2.56. The summed E-state index contributed by atoms with van der Waals surface area (Å²) in [5, 5.41) is 0. The van der Waals surface area contributed by atoms with Crippen molar-refractivity contribution >= 4 is 9.92 Å². The summed E-state index contributed by atoms with van der Waals surface area (Å²) >= 11 is 0. The van der Waals surface area contributed by atoms with Gasteiger partial charge in [0.1, 0.15) is 9.92 Å². The van der Waals surface area contributed by atoms with Crippen molar-refractivity contribution in [2.24, 2.45) is 0 Å². The monoisotopic (exact) mass is 162 g/mol. The lowest BCUT2D eigenvalue weighted by Gasteiger charge is -2.25. The van der Waals surface area contributed by atoms with Gasteiger partial charge in [-0.05, 0) is 12.8 Å². The average molecular weight is 162 g/mol. The third-order valence-corrected chi connectivity index (χ3v) is 3.16. The lowest BCUT2D eigenvalue weighted by atomic mass is 10.2. The maximum Gasteiger partial charge on any atom is 0.104 e. The third-order valence-electron chi connectivity index (χ3n) is 1.81. The normalized spacial score (nSPS) is 27.7. The predicted octanol–water partition coefficient (Wildman–Crippen LogP) is 1.06. The summed E-state index contributed by atoms with van der Waals surface area (Å²) in [6, 6.07) is 0. The predicted molar refractivity (Wildman–Crippen MR) is 42.2 cm³/mol. The van der Waals surface area contributed by atoms with E-state index in [1.807, 2.05) is 0 Å². The minimum atomic E-state index is -2.39. The Morgan fingerprint density at radius 2 is 1.80 bits per heavy atom. The van der Waals surface area contributed by atoms with Gasteiger partial charge in [-0.25, -0.2) is 13.3 Å². The summed E-state index contributed by atoms with van der Waals surface area (Å²) in [5.74, 6) is 0. The highest BCUT2D eigenvalue weighted by molar-refractivity contribution is 7.89. The van der Waals surface area contributed by atoms with Crippen molar-refractivity contribution in [1.29, 1.82) is 4.78 Å². The maximum atomic E-state index is 11.1. The van der Waals surface area contributed by atoms with Crippen LogP contribution in [0.15, 0.2) is 0 Å². The zero-order chi connectivity index (χ0) is 7.61. The Kier molecular flexibility index (Phi) is 2.31. The Labute approximate surface area is 62.5 Å². The second-order valence-corrected chi connectivity index (χ2v) is 4.91. The molecule has 1 N–H and O–H groups in total. The zero-order valence-corrected chi connectivity index (χ0v) is 7.12. The van der Waals surface area contributed by atoms with E-state index in [9.17, 15) is 4.21 Å². The molecule has 0 aliphatic carbocycles. The van der Waals surface area contributed by atoms with Crippen LogP contribution in [0, 0.1) is 4.78 Å². The smallest absolute Gasteiger partial charge is 0.104 e. The molecule has 4 heteroatoms. The Morgan fingerprint density at radius 3 is 2.10 bits per heavy atom. The molecule has 10 heavy (non-hydrogen) atoms. The molecule has 1 heterocycles. The van der Waals surface area contributed by atoms with Gasteiger partial charge in [0.15, 0.2) is 0 Å². The largest absolute Gasteiger partial charge is 0.240 e. The second-order valence-electron chi connectivity index (χ2n) is 2.79. The SMILES string of the molecule is CS(=N)(=O)N1CCCCC1. The lowest BCUT2D eigenvalue weighted by molar-refractivity contribution is 0.362. The van der Waals surface area contributed by atoms with Crippen LogP contribution in [0.5, 0.6) is 0 Å². The van der Waals surface area contributed by atoms with Crippen molar-refractivity contribution < 1.29 is 4.21 Å². The van der Waals surface area contributed by atoms with Gasteiger partial charge in [0, 0.05) is 19.3 Å². The van der Waals surface area contributed by atoms with Crippen LogP contribution in [0.4, 0.5) is 0 Å². The highest BCUT2D eigenvalue weighted by atomic mass is 32.2. The van der Waals surface area contributed by atoms with E-state index in [2.05, 4.69) is 0 Å². The minimum Gasteiger partial charge on any atom is -0.240 e. The standard InChI is InChI=1S/C6H14N2OS/c1-10(7,9)8-5-3-2-4-6-8/h7H,2-6H2,1H3. The van der Waals surface area contributed by atoms with Gasteiger partial charge in [-0.1, -0.05) is 6.42 Å². The molecule has 60 valence electrons. The first-order valence-corrected chi connectivity index (χ1v) is 5.52. The van der Waals surface area contributed by atoms with E-state index in [-0.39, 0.29) is 0 Å². The van der Waals surface area contributed by atoms with Crippen molar-refractivity contribution in [3.63, 3.8) is 0 Å². The van der Waals surface area contributed by atoms with E-state index in [4.69, 9.17) is 4.78 Å². The third kappa shape index (κ3) is 1.95. The van der Waals surface area contributed by atoms with Gasteiger partial charge in [-0.2, -0.15) is 0 Å². The van der Waals surface area contributed by atoms with Gasteiger partial charge in [-0.3, -0.25) is 0 Å². The number of hydrogen-bond donors (Lipinski definition) is 1. The molecule has 1 rings (SSSR count). The van der Waals surface area contributed by atoms with Crippen molar-refractivity contribution in [2.45, 2.75) is 19.3 Å². The summed E-state index contributed by atoms with van der Waals surface area (Å²) in [7, 11) is -2.39. The summed E-state index contributed by atoms with van der Waals surface area (Å²) in [4.78, 5) is 0. The van der Waals surface area contributed by atoms with Crippen molar-refractivity contribution in [3.05, 3.63) is 0 Å². The van der Waals surface area contributed by atoms with E-state index in [0.29, 0.717) is 0 Å². The van der Waals surface area contributed by atoms with Gasteiger partial charge in [0.05, 0.1) is 0 Å². The fraction of sp³-hybridized carbons (Fsp3) is 1.00. The number of rotatable bonds is 1. The molecule has 1 unspecified atom stereocenters. The van der Waals surface area contributed by atoms with Crippen LogP contribution in [-0.2, 0) is 9.92 Å². The van der Waals surface area contributed by atoms with Crippen molar-refractivity contribution in [2.75, 3.05) is 19.3 Å². The molecule has 0 spiro atoms. The average Bonchev–Trinajstić information content (AvgIpc) is 1.88. The molecule has 0 radical (unpaired) electrons. The highest BCUT2D eigenvalue weighted by Crippen LogP contribution is 2.11. The van der Waals surface area contributed by atoms with E-state index in [1.54, 1.807) is 4.31 Å². The van der Waals surface area contributed by atoms with E-state index in [1.165, 1.54) is 12.7 Å². The molecule has 1 aliphatic heterocycles. The van der Waals surface area contributed by atoms with Crippen LogP contribution in [0.3, 0.4) is 0 Å². The van der Waals surface area contributed by atoms with Gasteiger partial charge < -0.3 is 0 Å². The molecule has 0 aromatic carbocycles. The Morgan fingerprint density at radius 1 is 1.30 bits per heavy atom. The fourth-order valence-corrected chi connectivity index (χ4v) is 2.17. The number of piperidine rings is 1. The molecule has 1 aliphatic rings. The molecule has 0 amide bonds. The fourth-order valence-electron chi connectivity index (χ4n) is 1.21. The van der Waals surface area contributed by atoms with Crippen LogP contribution < -0.4 is 0 Å². The first kappa shape index (κ1) is 8.01. The van der Waals surface area contributed by atoms with Gasteiger partial charge in [0.25, 0.3) is 0 Å². The molecule has 1 fully saturated rings. The van der Waals surface area contributed by atoms with Crippen LogP contribution in [0.2, 0.25) is 0 Å². The maximum absolute atomic E-state index is 11.1. The molecule has 3 nitrogen and oxygen atoms in total. The number of hydrogen-bond acceptors (Lipinski definition) is 2. The second kappa shape index (κ2) is 2.88. The molecule has 0 bridgehead atoms. The van der Waals surface area contributed by atoms with Crippen LogP contribution in [0.1, 0.15) is 19.3 Å². The van der Waals surface area contributed by atoms with Crippen LogP contribution in [-0.4, -0.2) is 27.9 Å². The molecule has 1 saturated heterocycles. The van der Waals surface area contributed by atoms with Crippen molar-refractivity contribution in [1.82, 2.24) is 4.31 Å². The number of nitrogens with zero attached hydrogens (tertiary/aromatic N) is 1. The molecule has 0 aromatic rings. The summed E-state index contributed by atoms with van der Waals surface area (Å²) in [5.41, 5.74) is 0. The Bertz CT molecular complexity index is 192. The quantitative estimate of drug-likeness (QED) is 0.615.